The van der Waals surface area contributed by atoms with Crippen LogP contribution in [-0.2, 0) is 4.79 Å². The number of hydrogen-bond donors (Lipinski definition) is 0. The zero-order chi connectivity index (χ0) is 17.3. The molecule has 7 heteroatoms. The summed E-state index contributed by atoms with van der Waals surface area (Å²) in [6.45, 7) is 0. The van der Waals surface area contributed by atoms with E-state index in [2.05, 4.69) is 15.9 Å². The molecule has 122 valence electrons. The van der Waals surface area contributed by atoms with Gasteiger partial charge >= 0.3 is 0 Å². The van der Waals surface area contributed by atoms with Crippen molar-refractivity contribution in [2.24, 2.45) is 0 Å². The number of halogens is 2. The Morgan fingerprint density at radius 1 is 1.21 bits per heavy atom. The van der Waals surface area contributed by atoms with Gasteiger partial charge in [0.05, 0.1) is 17.7 Å². The Kier molecular flexibility index (Phi) is 4.99. The first-order chi connectivity index (χ1) is 11.5. The van der Waals surface area contributed by atoms with Gasteiger partial charge in [-0.1, -0.05) is 33.6 Å². The Morgan fingerprint density at radius 2 is 2.00 bits per heavy atom. The summed E-state index contributed by atoms with van der Waals surface area (Å²) in [5, 5.41) is 0.103. The van der Waals surface area contributed by atoms with Crippen molar-refractivity contribution < 1.29 is 14.3 Å². The molecular formula is C17H11BrClNO3S. The maximum absolute atomic E-state index is 12.6. The molecule has 0 spiro atoms. The summed E-state index contributed by atoms with van der Waals surface area (Å²) in [7, 11) is 1.55. The lowest BCUT2D eigenvalue weighted by molar-refractivity contribution is -0.113. The van der Waals surface area contributed by atoms with Crippen LogP contribution in [0.1, 0.15) is 5.56 Å². The highest BCUT2D eigenvalue weighted by Gasteiger charge is 2.36. The lowest BCUT2D eigenvalue weighted by atomic mass is 10.2. The van der Waals surface area contributed by atoms with E-state index in [0.717, 1.165) is 21.1 Å². The third-order valence-corrected chi connectivity index (χ3v) is 4.94. The van der Waals surface area contributed by atoms with Crippen LogP contribution in [0.15, 0.2) is 51.8 Å². The molecule has 0 N–H and O–H groups in total. The maximum Gasteiger partial charge on any atom is 0.298 e. The monoisotopic (exact) mass is 423 g/mol. The Hall–Kier alpha value is -1.76. The molecule has 4 nitrogen and oxygen atoms in total. The minimum Gasteiger partial charge on any atom is -0.496 e. The molecule has 0 bridgehead atoms. The molecule has 0 unspecified atom stereocenters. The topological polar surface area (TPSA) is 46.6 Å². The number of imide groups is 1. The maximum atomic E-state index is 12.6. The summed E-state index contributed by atoms with van der Waals surface area (Å²) < 4.78 is 6.15. The lowest BCUT2D eigenvalue weighted by Gasteiger charge is -2.12. The highest BCUT2D eigenvalue weighted by atomic mass is 79.9. The van der Waals surface area contributed by atoms with E-state index in [1.807, 2.05) is 12.1 Å². The number of ether oxygens (including phenoxy) is 1. The molecule has 24 heavy (non-hydrogen) atoms. The Balaban J connectivity index is 1.99. The molecule has 0 radical (unpaired) electrons. The fourth-order valence-corrected chi connectivity index (χ4v) is 3.66. The van der Waals surface area contributed by atoms with Crippen molar-refractivity contribution in [3.63, 3.8) is 0 Å². The number of amides is 2. The van der Waals surface area contributed by atoms with Crippen molar-refractivity contribution in [1.82, 2.24) is 0 Å². The van der Waals surface area contributed by atoms with E-state index in [9.17, 15) is 9.59 Å². The normalized spacial score (nSPS) is 16.1. The molecule has 3 rings (SSSR count). The second kappa shape index (κ2) is 7.01. The average Bonchev–Trinajstić information content (AvgIpc) is 2.81. The van der Waals surface area contributed by atoms with Gasteiger partial charge in [-0.2, -0.15) is 0 Å². The smallest absolute Gasteiger partial charge is 0.298 e. The van der Waals surface area contributed by atoms with Gasteiger partial charge in [-0.3, -0.25) is 9.59 Å². The number of carbonyl (C=O) groups excluding carboxylic acids is 2. The number of benzene rings is 2. The molecule has 1 saturated heterocycles. The van der Waals surface area contributed by atoms with Crippen molar-refractivity contribution in [2.45, 2.75) is 0 Å². The molecule has 1 aliphatic heterocycles. The number of methoxy groups -OCH3 is 1. The molecule has 2 aromatic rings. The van der Waals surface area contributed by atoms with Crippen LogP contribution in [0, 0.1) is 0 Å². The van der Waals surface area contributed by atoms with Gasteiger partial charge in [0, 0.05) is 15.1 Å². The minimum atomic E-state index is -0.380. The van der Waals surface area contributed by atoms with Crippen LogP contribution in [-0.4, -0.2) is 18.3 Å². The standard InChI is InChI=1S/C17H11BrClNO3S/c1-23-14-6-5-11(18)7-10(14)8-15-16(21)20(17(22)24-15)13-4-2-3-12(19)9-13/h2-9H,1H3/b15-8-. The number of anilines is 1. The largest absolute Gasteiger partial charge is 0.496 e. The van der Waals surface area contributed by atoms with Gasteiger partial charge in [0.15, 0.2) is 0 Å². The number of hydrogen-bond acceptors (Lipinski definition) is 4. The third kappa shape index (κ3) is 3.36. The van der Waals surface area contributed by atoms with E-state index in [1.54, 1.807) is 43.5 Å². The van der Waals surface area contributed by atoms with Crippen LogP contribution in [0.4, 0.5) is 10.5 Å². The fraction of sp³-hybridized carbons (Fsp3) is 0.0588. The van der Waals surface area contributed by atoms with Gasteiger partial charge in [-0.25, -0.2) is 4.90 Å². The SMILES string of the molecule is COc1ccc(Br)cc1/C=C1\SC(=O)N(c2cccc(Cl)c2)C1=O. The highest BCUT2D eigenvalue weighted by Crippen LogP contribution is 2.37. The van der Waals surface area contributed by atoms with Crippen molar-refractivity contribution >= 4 is 62.2 Å². The Morgan fingerprint density at radius 3 is 2.71 bits per heavy atom. The predicted molar refractivity (Wildman–Crippen MR) is 101 cm³/mol. The van der Waals surface area contributed by atoms with Crippen molar-refractivity contribution in [2.75, 3.05) is 12.0 Å². The summed E-state index contributed by atoms with van der Waals surface area (Å²) in [6, 6.07) is 12.1. The number of carbonyl (C=O) groups is 2. The number of thioether (sulfide) groups is 1. The van der Waals surface area contributed by atoms with Crippen LogP contribution in [0.2, 0.25) is 5.02 Å². The summed E-state index contributed by atoms with van der Waals surface area (Å²) in [5.41, 5.74) is 1.16. The van der Waals surface area contributed by atoms with E-state index in [0.29, 0.717) is 26.9 Å². The second-order valence-electron chi connectivity index (χ2n) is 4.88. The fourth-order valence-electron chi connectivity index (χ4n) is 2.26. The van der Waals surface area contributed by atoms with Gasteiger partial charge in [0.2, 0.25) is 0 Å². The van der Waals surface area contributed by atoms with Crippen LogP contribution >= 0.6 is 39.3 Å². The molecular weight excluding hydrogens is 414 g/mol. The lowest BCUT2D eigenvalue weighted by Crippen LogP contribution is -2.27. The number of rotatable bonds is 3. The summed E-state index contributed by atoms with van der Waals surface area (Å²) in [5.74, 6) is 0.238. The number of nitrogens with zero attached hydrogens (tertiary/aromatic N) is 1. The van der Waals surface area contributed by atoms with Crippen LogP contribution in [0.25, 0.3) is 6.08 Å². The summed E-state index contributed by atoms with van der Waals surface area (Å²) in [4.78, 5) is 26.3. The summed E-state index contributed by atoms with van der Waals surface area (Å²) in [6.07, 6.45) is 1.65. The van der Waals surface area contributed by atoms with E-state index >= 15 is 0 Å². The van der Waals surface area contributed by atoms with Gasteiger partial charge in [-0.15, -0.1) is 0 Å². The molecule has 1 fully saturated rings. The van der Waals surface area contributed by atoms with Crippen molar-refractivity contribution in [1.29, 1.82) is 0 Å². The first-order valence-corrected chi connectivity index (χ1v) is 8.85. The van der Waals surface area contributed by atoms with Gasteiger partial charge in [0.25, 0.3) is 11.1 Å². The van der Waals surface area contributed by atoms with Crippen molar-refractivity contribution in [3.8, 4) is 5.75 Å². The van der Waals surface area contributed by atoms with Crippen LogP contribution in [0.5, 0.6) is 5.75 Å². The molecule has 0 atom stereocenters. The molecule has 2 amide bonds. The zero-order valence-corrected chi connectivity index (χ0v) is 15.6. The quantitative estimate of drug-likeness (QED) is 0.623. The van der Waals surface area contributed by atoms with Crippen LogP contribution < -0.4 is 9.64 Å². The molecule has 1 aliphatic rings. The Labute approximate surface area is 156 Å². The van der Waals surface area contributed by atoms with Gasteiger partial charge in [0.1, 0.15) is 5.75 Å². The minimum absolute atomic E-state index is 0.330. The zero-order valence-electron chi connectivity index (χ0n) is 12.5. The molecule has 0 saturated carbocycles. The summed E-state index contributed by atoms with van der Waals surface area (Å²) >= 11 is 10.2. The van der Waals surface area contributed by atoms with E-state index in [4.69, 9.17) is 16.3 Å². The van der Waals surface area contributed by atoms with Crippen molar-refractivity contribution in [3.05, 3.63) is 62.4 Å². The van der Waals surface area contributed by atoms with Gasteiger partial charge < -0.3 is 4.74 Å². The van der Waals surface area contributed by atoms with E-state index < -0.39 is 0 Å². The van der Waals surface area contributed by atoms with E-state index in [-0.39, 0.29) is 11.1 Å². The molecule has 1 heterocycles. The second-order valence-corrected chi connectivity index (χ2v) is 7.23. The molecule has 0 aromatic heterocycles. The first-order valence-electron chi connectivity index (χ1n) is 6.86. The first kappa shape index (κ1) is 17.1. The predicted octanol–water partition coefficient (Wildman–Crippen LogP) is 5.35. The third-order valence-electron chi connectivity index (χ3n) is 3.34. The van der Waals surface area contributed by atoms with Crippen LogP contribution in [0.3, 0.4) is 0 Å². The Bertz CT molecular complexity index is 869. The average molecular weight is 425 g/mol. The molecule has 0 aliphatic carbocycles. The van der Waals surface area contributed by atoms with E-state index in [1.165, 1.54) is 0 Å². The highest BCUT2D eigenvalue weighted by molar-refractivity contribution is 9.10. The molecule has 2 aromatic carbocycles. The van der Waals surface area contributed by atoms with Gasteiger partial charge in [-0.05, 0) is 54.2 Å².